The van der Waals surface area contributed by atoms with E-state index in [1.165, 1.54) is 0 Å². The van der Waals surface area contributed by atoms with E-state index in [0.29, 0.717) is 0 Å². The smallest absolute Gasteiger partial charge is 0.235 e. The number of aromatic nitrogens is 2. The Hall–Kier alpha value is -1.49. The molecule has 0 N–H and O–H groups in total. The van der Waals surface area contributed by atoms with E-state index in [2.05, 4.69) is 15.6 Å². The molecule has 1 unspecified atom stereocenters. The standard InChI is InChI=1S/C13H15N3OS/c1-15-8-7-11(12(15)17)18-13-14-9-5-3-4-6-10(9)16(13)2/h3-6,11H,7-8H2,1-2H3. The van der Waals surface area contributed by atoms with Crippen LogP contribution in [-0.2, 0) is 11.8 Å². The summed E-state index contributed by atoms with van der Waals surface area (Å²) in [5, 5.41) is 0.940. The number of carbonyl (C=O) groups excluding carboxylic acids is 1. The first kappa shape index (κ1) is 11.6. The molecule has 1 aromatic carbocycles. The van der Waals surface area contributed by atoms with Crippen LogP contribution in [0.1, 0.15) is 6.42 Å². The molecule has 1 fully saturated rings. The molecule has 18 heavy (non-hydrogen) atoms. The molecule has 0 radical (unpaired) electrons. The first-order chi connectivity index (χ1) is 8.66. The monoisotopic (exact) mass is 261 g/mol. The predicted octanol–water partition coefficient (Wildman–Crippen LogP) is 1.90. The molecular weight excluding hydrogens is 246 g/mol. The van der Waals surface area contributed by atoms with Crippen LogP contribution < -0.4 is 0 Å². The fourth-order valence-corrected chi connectivity index (χ4v) is 3.42. The number of amides is 1. The molecule has 0 bridgehead atoms. The quantitative estimate of drug-likeness (QED) is 0.828. The number of para-hydroxylation sites is 2. The van der Waals surface area contributed by atoms with Crippen molar-refractivity contribution in [3.05, 3.63) is 24.3 Å². The average Bonchev–Trinajstić information content (AvgIpc) is 2.86. The Morgan fingerprint density at radius 1 is 1.33 bits per heavy atom. The van der Waals surface area contributed by atoms with E-state index >= 15 is 0 Å². The minimum atomic E-state index is 0.0190. The number of aryl methyl sites for hydroxylation is 1. The summed E-state index contributed by atoms with van der Waals surface area (Å²) in [6.45, 7) is 0.848. The Balaban J connectivity index is 1.91. The van der Waals surface area contributed by atoms with Crippen LogP contribution in [0.3, 0.4) is 0 Å². The largest absolute Gasteiger partial charge is 0.345 e. The molecule has 0 aliphatic carbocycles. The summed E-state index contributed by atoms with van der Waals surface area (Å²) in [4.78, 5) is 18.3. The van der Waals surface area contributed by atoms with Crippen LogP contribution in [0, 0.1) is 0 Å². The lowest BCUT2D eigenvalue weighted by molar-refractivity contribution is -0.126. The van der Waals surface area contributed by atoms with Crippen LogP contribution in [0.4, 0.5) is 0 Å². The highest BCUT2D eigenvalue weighted by atomic mass is 32.2. The number of likely N-dealkylation sites (tertiary alicyclic amines) is 1. The summed E-state index contributed by atoms with van der Waals surface area (Å²) in [5.41, 5.74) is 2.10. The van der Waals surface area contributed by atoms with Crippen molar-refractivity contribution < 1.29 is 4.79 Å². The zero-order valence-corrected chi connectivity index (χ0v) is 11.3. The van der Waals surface area contributed by atoms with E-state index in [4.69, 9.17) is 0 Å². The Morgan fingerprint density at radius 3 is 2.78 bits per heavy atom. The number of benzene rings is 1. The van der Waals surface area contributed by atoms with Crippen molar-refractivity contribution >= 4 is 28.7 Å². The summed E-state index contributed by atoms with van der Waals surface area (Å²) in [6, 6.07) is 8.04. The van der Waals surface area contributed by atoms with Gasteiger partial charge in [0.1, 0.15) is 0 Å². The van der Waals surface area contributed by atoms with Crippen LogP contribution >= 0.6 is 11.8 Å². The van der Waals surface area contributed by atoms with Gasteiger partial charge in [0.25, 0.3) is 0 Å². The van der Waals surface area contributed by atoms with Crippen LogP contribution in [0.5, 0.6) is 0 Å². The Bertz CT molecular complexity index is 607. The van der Waals surface area contributed by atoms with Gasteiger partial charge >= 0.3 is 0 Å². The number of imidazole rings is 1. The second-order valence-corrected chi connectivity index (χ2v) is 5.77. The number of hydrogen-bond acceptors (Lipinski definition) is 3. The van der Waals surface area contributed by atoms with Crippen molar-refractivity contribution in [1.82, 2.24) is 14.5 Å². The fraction of sp³-hybridized carbons (Fsp3) is 0.385. The van der Waals surface area contributed by atoms with E-state index in [1.54, 1.807) is 16.7 Å². The number of fused-ring (bicyclic) bond motifs is 1. The highest BCUT2D eigenvalue weighted by Crippen LogP contribution is 2.31. The molecule has 1 aromatic heterocycles. The number of nitrogens with zero attached hydrogens (tertiary/aromatic N) is 3. The van der Waals surface area contributed by atoms with Crippen molar-refractivity contribution in [2.75, 3.05) is 13.6 Å². The minimum absolute atomic E-state index is 0.0190. The number of hydrogen-bond donors (Lipinski definition) is 0. The first-order valence-corrected chi connectivity index (χ1v) is 6.88. The van der Waals surface area contributed by atoms with E-state index in [-0.39, 0.29) is 11.2 Å². The molecule has 1 aliphatic heterocycles. The summed E-state index contributed by atoms with van der Waals surface area (Å²) < 4.78 is 2.06. The maximum atomic E-state index is 11.9. The molecule has 2 heterocycles. The normalized spacial score (nSPS) is 20.0. The second-order valence-electron chi connectivity index (χ2n) is 4.60. The average molecular weight is 261 g/mol. The molecule has 0 spiro atoms. The zero-order valence-electron chi connectivity index (χ0n) is 10.5. The molecule has 1 amide bonds. The van der Waals surface area contributed by atoms with Gasteiger partial charge in [-0.3, -0.25) is 4.79 Å². The van der Waals surface area contributed by atoms with Gasteiger partial charge in [0, 0.05) is 20.6 Å². The molecule has 1 aliphatic rings. The zero-order chi connectivity index (χ0) is 12.7. The first-order valence-electron chi connectivity index (χ1n) is 6.00. The van der Waals surface area contributed by atoms with Gasteiger partial charge in [0.15, 0.2) is 5.16 Å². The third-order valence-corrected chi connectivity index (χ3v) is 4.67. The van der Waals surface area contributed by atoms with Crippen LogP contribution in [0.15, 0.2) is 29.4 Å². The highest BCUT2D eigenvalue weighted by molar-refractivity contribution is 8.00. The molecule has 5 heteroatoms. The SMILES string of the molecule is CN1CCC(Sc2nc3ccccc3n2C)C1=O. The summed E-state index contributed by atoms with van der Waals surface area (Å²) in [6.07, 6.45) is 0.906. The van der Waals surface area contributed by atoms with Gasteiger partial charge in [-0.05, 0) is 18.6 Å². The second kappa shape index (κ2) is 4.31. The number of carbonyl (C=O) groups is 1. The lowest BCUT2D eigenvalue weighted by Gasteiger charge is -2.09. The molecule has 2 aromatic rings. The van der Waals surface area contributed by atoms with Gasteiger partial charge in [-0.1, -0.05) is 23.9 Å². The van der Waals surface area contributed by atoms with E-state index in [1.807, 2.05) is 32.3 Å². The third kappa shape index (κ3) is 1.79. The Kier molecular flexibility index (Phi) is 2.78. The van der Waals surface area contributed by atoms with Crippen molar-refractivity contribution in [1.29, 1.82) is 0 Å². The van der Waals surface area contributed by atoms with Crippen LogP contribution in [-0.4, -0.2) is 39.2 Å². The van der Waals surface area contributed by atoms with E-state index < -0.39 is 0 Å². The molecule has 3 rings (SSSR count). The van der Waals surface area contributed by atoms with Gasteiger partial charge < -0.3 is 9.47 Å². The highest BCUT2D eigenvalue weighted by Gasteiger charge is 2.31. The topological polar surface area (TPSA) is 38.1 Å². The molecule has 0 saturated carbocycles. The van der Waals surface area contributed by atoms with Crippen molar-refractivity contribution in [3.63, 3.8) is 0 Å². The van der Waals surface area contributed by atoms with Gasteiger partial charge in [-0.2, -0.15) is 0 Å². The van der Waals surface area contributed by atoms with E-state index in [9.17, 15) is 4.79 Å². The van der Waals surface area contributed by atoms with E-state index in [0.717, 1.165) is 29.2 Å². The molecule has 1 atom stereocenters. The minimum Gasteiger partial charge on any atom is -0.345 e. The molecular formula is C13H15N3OS. The number of thioether (sulfide) groups is 1. The summed E-state index contributed by atoms with van der Waals surface area (Å²) in [5.74, 6) is 0.215. The van der Waals surface area contributed by atoms with Crippen LogP contribution in [0.2, 0.25) is 0 Å². The molecule has 1 saturated heterocycles. The number of rotatable bonds is 2. The van der Waals surface area contributed by atoms with Gasteiger partial charge in [0.2, 0.25) is 5.91 Å². The molecule has 94 valence electrons. The Labute approximate surface area is 110 Å². The maximum Gasteiger partial charge on any atom is 0.235 e. The summed E-state index contributed by atoms with van der Waals surface area (Å²) >= 11 is 1.58. The lowest BCUT2D eigenvalue weighted by atomic mass is 10.3. The van der Waals surface area contributed by atoms with Gasteiger partial charge in [-0.25, -0.2) is 4.98 Å². The van der Waals surface area contributed by atoms with Crippen LogP contribution in [0.25, 0.3) is 11.0 Å². The van der Waals surface area contributed by atoms with Crippen molar-refractivity contribution in [2.45, 2.75) is 16.8 Å². The van der Waals surface area contributed by atoms with Crippen molar-refractivity contribution in [2.24, 2.45) is 7.05 Å². The third-order valence-electron chi connectivity index (χ3n) is 3.37. The van der Waals surface area contributed by atoms with Gasteiger partial charge in [-0.15, -0.1) is 0 Å². The fourth-order valence-electron chi connectivity index (χ4n) is 2.26. The lowest BCUT2D eigenvalue weighted by Crippen LogP contribution is -2.23. The molecule has 4 nitrogen and oxygen atoms in total. The predicted molar refractivity (Wildman–Crippen MR) is 72.6 cm³/mol. The Morgan fingerprint density at radius 2 is 2.11 bits per heavy atom. The maximum absolute atomic E-state index is 11.9. The van der Waals surface area contributed by atoms with Gasteiger partial charge in [0.05, 0.1) is 16.3 Å². The van der Waals surface area contributed by atoms with Crippen molar-refractivity contribution in [3.8, 4) is 0 Å². The summed E-state index contributed by atoms with van der Waals surface area (Å²) in [7, 11) is 3.86.